The predicted molar refractivity (Wildman–Crippen MR) is 76.5 cm³/mol. The Morgan fingerprint density at radius 2 is 1.19 bits per heavy atom. The van der Waals surface area contributed by atoms with Crippen molar-refractivity contribution in [3.63, 3.8) is 0 Å². The molecule has 0 saturated carbocycles. The molecule has 0 atom stereocenters. The van der Waals surface area contributed by atoms with E-state index in [-0.39, 0.29) is 46.5 Å². The second-order valence-electron chi connectivity index (χ2n) is 2.58. The molecule has 0 unspecified atom stereocenters. The van der Waals surface area contributed by atoms with Gasteiger partial charge in [-0.3, -0.25) is 12.2 Å². The average Bonchev–Trinajstić information content (AvgIpc) is 2.85. The third-order valence-corrected chi connectivity index (χ3v) is 1.17. The summed E-state index contributed by atoms with van der Waals surface area (Å²) in [6, 6.07) is 0. The van der Waals surface area contributed by atoms with Crippen LogP contribution in [0, 0.1) is 12.2 Å². The molecule has 89 valence electrons. The molecule has 0 aromatic heterocycles. The summed E-state index contributed by atoms with van der Waals surface area (Å²) in [6.45, 7) is 4.42. The molecule has 0 N–H and O–H groups in total. The Kier molecular flexibility index (Phi) is 39.0. The van der Waals surface area contributed by atoms with Crippen LogP contribution in [-0.4, -0.2) is 9.52 Å². The van der Waals surface area contributed by atoms with Crippen LogP contribution in [0.25, 0.3) is 0 Å². The standard InChI is InChI=1S/2C5H5.C2H7Si.2ClH.Ti/c2*1-2-4-5-3-1;1-3-2;;;/h2*1-3H,4H2;3H,1-2H3;2*1H;/q2*-1;;;;+2. The van der Waals surface area contributed by atoms with Gasteiger partial charge in [0.2, 0.25) is 0 Å². The molecule has 0 aromatic carbocycles. The van der Waals surface area contributed by atoms with Crippen molar-refractivity contribution in [1.29, 1.82) is 0 Å². The van der Waals surface area contributed by atoms with Gasteiger partial charge in [0.05, 0.1) is 0 Å². The molecule has 0 nitrogen and oxygen atoms in total. The number of hydrogen-bond acceptors (Lipinski definition) is 0. The van der Waals surface area contributed by atoms with Crippen LogP contribution in [0.2, 0.25) is 13.1 Å². The number of hydrogen-bond donors (Lipinski definition) is 0. The van der Waals surface area contributed by atoms with Gasteiger partial charge in [0.25, 0.3) is 0 Å². The van der Waals surface area contributed by atoms with Crippen molar-refractivity contribution in [1.82, 2.24) is 0 Å². The van der Waals surface area contributed by atoms with E-state index in [9.17, 15) is 0 Å². The number of allylic oxidation sites excluding steroid dienone is 8. The molecule has 0 saturated heterocycles. The van der Waals surface area contributed by atoms with Crippen LogP contribution in [0.4, 0.5) is 0 Å². The van der Waals surface area contributed by atoms with Gasteiger partial charge in [-0.15, -0.1) is 37.7 Å². The first-order chi connectivity index (χ1) is 6.41. The molecule has 2 aliphatic rings. The third-order valence-electron chi connectivity index (χ3n) is 1.17. The number of halogens is 2. The molecular weight excluding hydrogens is 291 g/mol. The van der Waals surface area contributed by atoms with Crippen LogP contribution in [0.15, 0.2) is 36.5 Å². The zero-order valence-electron chi connectivity index (χ0n) is 9.77. The zero-order valence-corrected chi connectivity index (χ0v) is 14.1. The van der Waals surface area contributed by atoms with Gasteiger partial charge in [-0.2, -0.15) is 12.2 Å². The Morgan fingerprint density at radius 3 is 1.25 bits per heavy atom. The maximum Gasteiger partial charge on any atom is 2.00 e. The first kappa shape index (κ1) is 25.3. The van der Waals surface area contributed by atoms with E-state index in [0.717, 1.165) is 22.4 Å². The molecule has 2 rings (SSSR count). The van der Waals surface area contributed by atoms with Crippen LogP contribution in [0.1, 0.15) is 12.8 Å². The fourth-order valence-corrected chi connectivity index (χ4v) is 0.680. The monoisotopic (exact) mass is 309 g/mol. The normalized spacial score (nSPS) is 12.1. The van der Waals surface area contributed by atoms with E-state index in [1.807, 2.05) is 24.3 Å². The van der Waals surface area contributed by atoms with Crippen molar-refractivity contribution in [2.45, 2.75) is 25.9 Å². The first-order valence-electron chi connectivity index (χ1n) is 4.59. The van der Waals surface area contributed by atoms with Gasteiger partial charge >= 0.3 is 21.7 Å². The predicted octanol–water partition coefficient (Wildman–Crippen LogP) is 3.97. The van der Waals surface area contributed by atoms with Gasteiger partial charge in [0, 0.05) is 9.52 Å². The number of rotatable bonds is 0. The maximum absolute atomic E-state index is 2.99. The second kappa shape index (κ2) is 24.6. The van der Waals surface area contributed by atoms with Crippen molar-refractivity contribution >= 4 is 34.3 Å². The largest absolute Gasteiger partial charge is 2.00 e. The molecule has 4 heteroatoms. The molecular formula is C12H19Cl2SiTi. The molecule has 0 heterocycles. The Balaban J connectivity index is -0.0000000638. The smallest absolute Gasteiger partial charge is 0.273 e. The van der Waals surface area contributed by atoms with Crippen molar-refractivity contribution in [2.24, 2.45) is 0 Å². The van der Waals surface area contributed by atoms with Crippen molar-refractivity contribution in [2.75, 3.05) is 0 Å². The summed E-state index contributed by atoms with van der Waals surface area (Å²) in [5, 5.41) is 0. The summed E-state index contributed by atoms with van der Waals surface area (Å²) >= 11 is 0. The van der Waals surface area contributed by atoms with Crippen LogP contribution in [-0.2, 0) is 21.7 Å². The van der Waals surface area contributed by atoms with E-state index >= 15 is 0 Å². The van der Waals surface area contributed by atoms with E-state index < -0.39 is 0 Å². The van der Waals surface area contributed by atoms with Crippen molar-refractivity contribution in [3.8, 4) is 0 Å². The van der Waals surface area contributed by atoms with Crippen LogP contribution in [0.5, 0.6) is 0 Å². The molecule has 0 aliphatic heterocycles. The van der Waals surface area contributed by atoms with Crippen molar-refractivity contribution in [3.05, 3.63) is 48.6 Å². The molecule has 0 amide bonds. The molecule has 0 bridgehead atoms. The minimum atomic E-state index is 0. The zero-order chi connectivity index (χ0) is 9.78. The van der Waals surface area contributed by atoms with Gasteiger partial charge in [-0.1, -0.05) is 13.1 Å². The summed E-state index contributed by atoms with van der Waals surface area (Å²) in [6.07, 6.45) is 20.0. The Morgan fingerprint density at radius 1 is 0.875 bits per heavy atom. The van der Waals surface area contributed by atoms with E-state index in [1.165, 1.54) is 0 Å². The van der Waals surface area contributed by atoms with Gasteiger partial charge in [0.1, 0.15) is 0 Å². The van der Waals surface area contributed by atoms with E-state index in [0.29, 0.717) is 0 Å². The second-order valence-corrected chi connectivity index (χ2v) is 3.74. The Hall–Kier alpha value is 0.471. The topological polar surface area (TPSA) is 0 Å². The summed E-state index contributed by atoms with van der Waals surface area (Å²) in [4.78, 5) is 0. The van der Waals surface area contributed by atoms with Gasteiger partial charge in [-0.05, 0) is 0 Å². The molecule has 0 spiro atoms. The van der Waals surface area contributed by atoms with Crippen LogP contribution >= 0.6 is 24.8 Å². The average molecular weight is 310 g/mol. The molecule has 16 heavy (non-hydrogen) atoms. The Bertz CT molecular complexity index is 169. The quantitative estimate of drug-likeness (QED) is 0.469. The van der Waals surface area contributed by atoms with Crippen LogP contribution < -0.4 is 0 Å². The minimum absolute atomic E-state index is 0. The minimum Gasteiger partial charge on any atom is -0.273 e. The summed E-state index contributed by atoms with van der Waals surface area (Å²) < 4.78 is 0. The van der Waals surface area contributed by atoms with E-state index in [1.54, 1.807) is 0 Å². The SMILES string of the molecule is C[SiH]C.Cl.Cl.[C-]1=CC=CC1.[C-]1=CC=CC1.[Ti+2]. The Labute approximate surface area is 130 Å². The first-order valence-corrected chi connectivity index (χ1v) is 6.90. The maximum atomic E-state index is 2.99. The third kappa shape index (κ3) is 24.0. The summed E-state index contributed by atoms with van der Waals surface area (Å²) in [7, 11) is 0.750. The fraction of sp³-hybridized carbons (Fsp3) is 0.333. The fourth-order valence-electron chi connectivity index (χ4n) is 0.680. The van der Waals surface area contributed by atoms with Crippen molar-refractivity contribution < 1.29 is 21.7 Å². The van der Waals surface area contributed by atoms with Gasteiger partial charge in [0.15, 0.2) is 0 Å². The molecule has 2 aliphatic carbocycles. The van der Waals surface area contributed by atoms with E-state index in [4.69, 9.17) is 0 Å². The summed E-state index contributed by atoms with van der Waals surface area (Å²) in [5.74, 6) is 0. The summed E-state index contributed by atoms with van der Waals surface area (Å²) in [5.41, 5.74) is 0. The van der Waals surface area contributed by atoms with Gasteiger partial charge in [-0.25, -0.2) is 24.3 Å². The van der Waals surface area contributed by atoms with E-state index in [2.05, 4.69) is 37.4 Å². The molecule has 1 radical (unpaired) electrons. The molecule has 0 aromatic rings. The van der Waals surface area contributed by atoms with Gasteiger partial charge < -0.3 is 0 Å². The van der Waals surface area contributed by atoms with Crippen LogP contribution in [0.3, 0.4) is 0 Å². The molecule has 0 fully saturated rings.